The van der Waals surface area contributed by atoms with E-state index in [9.17, 15) is 0 Å². The normalized spacial score (nSPS) is 21.7. The highest BCUT2D eigenvalue weighted by Gasteiger charge is 2.34. The molecule has 21 heavy (non-hydrogen) atoms. The number of rotatable bonds is 4. The Morgan fingerprint density at radius 1 is 1.38 bits per heavy atom. The Morgan fingerprint density at radius 3 is 2.57 bits per heavy atom. The molecule has 1 aliphatic rings. The second-order valence-electron chi connectivity index (χ2n) is 8.83. The van der Waals surface area contributed by atoms with Gasteiger partial charge in [0.1, 0.15) is 0 Å². The van der Waals surface area contributed by atoms with E-state index in [1.807, 2.05) is 0 Å². The van der Waals surface area contributed by atoms with Crippen LogP contribution >= 0.6 is 0 Å². The number of nitrogens with zero attached hydrogens (tertiary/aromatic N) is 2. The van der Waals surface area contributed by atoms with Crippen molar-refractivity contribution in [2.75, 3.05) is 20.6 Å². The molecule has 0 saturated heterocycles. The van der Waals surface area contributed by atoms with Crippen molar-refractivity contribution in [3.63, 3.8) is 0 Å². The first-order chi connectivity index (χ1) is 9.51. The zero-order chi connectivity index (χ0) is 16.0. The monoisotopic (exact) mass is 291 g/mol. The summed E-state index contributed by atoms with van der Waals surface area (Å²) >= 11 is 0. The van der Waals surface area contributed by atoms with E-state index >= 15 is 0 Å². The van der Waals surface area contributed by atoms with Gasteiger partial charge in [0.25, 0.3) is 0 Å². The number of aromatic nitrogens is 1. The topological polar surface area (TPSA) is 34.2 Å². The van der Waals surface area contributed by atoms with E-state index in [-0.39, 0.29) is 11.5 Å². The average Bonchev–Trinajstić information content (AvgIpc) is 2.53. The standard InChI is InChI=1S/C18H33N3/c1-13-8-14-15(19)9-17(2,3)10-16(14)21(13)12-18(4,5)11-20(6)7/h8,15H,9-12,19H2,1-7H3. The summed E-state index contributed by atoms with van der Waals surface area (Å²) in [6.45, 7) is 13.8. The van der Waals surface area contributed by atoms with Gasteiger partial charge in [0.15, 0.2) is 0 Å². The molecule has 1 aromatic rings. The molecule has 1 aromatic heterocycles. The zero-order valence-corrected chi connectivity index (χ0v) is 15.0. The molecule has 0 spiro atoms. The summed E-state index contributed by atoms with van der Waals surface area (Å²) in [6, 6.07) is 2.52. The molecule has 120 valence electrons. The molecule has 3 nitrogen and oxygen atoms in total. The fourth-order valence-corrected chi connectivity index (χ4v) is 4.06. The molecule has 0 amide bonds. The van der Waals surface area contributed by atoms with Crippen LogP contribution in [-0.2, 0) is 13.0 Å². The van der Waals surface area contributed by atoms with Crippen molar-refractivity contribution in [1.82, 2.24) is 9.47 Å². The second-order valence-corrected chi connectivity index (χ2v) is 8.83. The van der Waals surface area contributed by atoms with Crippen LogP contribution in [0.15, 0.2) is 6.07 Å². The van der Waals surface area contributed by atoms with Crippen molar-refractivity contribution >= 4 is 0 Å². The summed E-state index contributed by atoms with van der Waals surface area (Å²) in [5.74, 6) is 0. The van der Waals surface area contributed by atoms with Crippen LogP contribution in [0.25, 0.3) is 0 Å². The molecule has 0 aliphatic heterocycles. The largest absolute Gasteiger partial charge is 0.348 e. The fourth-order valence-electron chi connectivity index (χ4n) is 4.06. The van der Waals surface area contributed by atoms with Crippen molar-refractivity contribution in [2.45, 2.75) is 60.0 Å². The van der Waals surface area contributed by atoms with Gasteiger partial charge < -0.3 is 15.2 Å². The lowest BCUT2D eigenvalue weighted by atomic mass is 9.74. The zero-order valence-electron chi connectivity index (χ0n) is 15.0. The van der Waals surface area contributed by atoms with Gasteiger partial charge in [-0.2, -0.15) is 0 Å². The highest BCUT2D eigenvalue weighted by Crippen LogP contribution is 2.41. The molecular formula is C18H33N3. The van der Waals surface area contributed by atoms with Gasteiger partial charge in [0.05, 0.1) is 0 Å². The van der Waals surface area contributed by atoms with Gasteiger partial charge in [0.2, 0.25) is 0 Å². The van der Waals surface area contributed by atoms with Crippen molar-refractivity contribution in [3.8, 4) is 0 Å². The van der Waals surface area contributed by atoms with Crippen molar-refractivity contribution in [2.24, 2.45) is 16.6 Å². The Bertz CT molecular complexity index is 509. The van der Waals surface area contributed by atoms with Gasteiger partial charge >= 0.3 is 0 Å². The van der Waals surface area contributed by atoms with Gasteiger partial charge in [-0.3, -0.25) is 0 Å². The minimum atomic E-state index is 0.195. The predicted molar refractivity (Wildman–Crippen MR) is 90.5 cm³/mol. The summed E-state index contributed by atoms with van der Waals surface area (Å²) in [5, 5.41) is 0. The molecule has 0 saturated carbocycles. The van der Waals surface area contributed by atoms with Gasteiger partial charge in [-0.15, -0.1) is 0 Å². The number of aryl methyl sites for hydroxylation is 1. The Labute approximate surface area is 130 Å². The molecule has 0 aromatic carbocycles. The highest BCUT2D eigenvalue weighted by atomic mass is 15.1. The number of fused-ring (bicyclic) bond motifs is 1. The molecule has 0 bridgehead atoms. The van der Waals surface area contributed by atoms with Crippen molar-refractivity contribution in [3.05, 3.63) is 23.0 Å². The van der Waals surface area contributed by atoms with E-state index in [1.165, 1.54) is 17.0 Å². The first-order valence-corrected chi connectivity index (χ1v) is 8.10. The van der Waals surface area contributed by atoms with Gasteiger partial charge in [-0.1, -0.05) is 27.7 Å². The quantitative estimate of drug-likeness (QED) is 0.923. The third-order valence-corrected chi connectivity index (χ3v) is 4.60. The molecule has 1 heterocycles. The first kappa shape index (κ1) is 16.6. The molecule has 3 heteroatoms. The van der Waals surface area contributed by atoms with Gasteiger partial charge in [-0.05, 0) is 56.3 Å². The third-order valence-electron chi connectivity index (χ3n) is 4.60. The second kappa shape index (κ2) is 5.44. The highest BCUT2D eigenvalue weighted by molar-refractivity contribution is 5.34. The molecule has 1 atom stereocenters. The third kappa shape index (κ3) is 3.70. The van der Waals surface area contributed by atoms with Crippen LogP contribution < -0.4 is 5.73 Å². The van der Waals surface area contributed by atoms with E-state index in [0.717, 1.165) is 25.9 Å². The summed E-state index contributed by atoms with van der Waals surface area (Å²) < 4.78 is 2.53. The smallest absolute Gasteiger partial charge is 0.0318 e. The molecule has 2 N–H and O–H groups in total. The summed E-state index contributed by atoms with van der Waals surface area (Å²) in [4.78, 5) is 2.28. The number of hydrogen-bond acceptors (Lipinski definition) is 2. The first-order valence-electron chi connectivity index (χ1n) is 8.10. The molecular weight excluding hydrogens is 258 g/mol. The maximum atomic E-state index is 6.43. The van der Waals surface area contributed by atoms with E-state index in [4.69, 9.17) is 5.73 Å². The number of hydrogen-bond donors (Lipinski definition) is 1. The van der Waals surface area contributed by atoms with E-state index in [1.54, 1.807) is 0 Å². The van der Waals surface area contributed by atoms with Gasteiger partial charge in [0, 0.05) is 30.5 Å². The van der Waals surface area contributed by atoms with Gasteiger partial charge in [-0.25, -0.2) is 0 Å². The SMILES string of the molecule is Cc1cc2c(n1CC(C)(C)CN(C)C)CC(C)(C)CC2N. The van der Waals surface area contributed by atoms with Crippen LogP contribution in [-0.4, -0.2) is 30.1 Å². The Balaban J connectivity index is 2.34. The predicted octanol–water partition coefficient (Wildman–Crippen LogP) is 3.36. The Morgan fingerprint density at radius 2 is 2.00 bits per heavy atom. The van der Waals surface area contributed by atoms with Crippen molar-refractivity contribution < 1.29 is 0 Å². The van der Waals surface area contributed by atoms with E-state index in [0.29, 0.717) is 5.41 Å². The van der Waals surface area contributed by atoms with E-state index in [2.05, 4.69) is 64.2 Å². The minimum absolute atomic E-state index is 0.195. The van der Waals surface area contributed by atoms with Crippen LogP contribution in [0.3, 0.4) is 0 Å². The maximum absolute atomic E-state index is 6.43. The van der Waals surface area contributed by atoms with Crippen LogP contribution in [0.4, 0.5) is 0 Å². The minimum Gasteiger partial charge on any atom is -0.348 e. The fraction of sp³-hybridized carbons (Fsp3) is 0.778. The maximum Gasteiger partial charge on any atom is 0.0318 e. The molecule has 0 fully saturated rings. The molecule has 2 rings (SSSR count). The molecule has 1 aliphatic carbocycles. The summed E-state index contributed by atoms with van der Waals surface area (Å²) in [6.07, 6.45) is 2.23. The Kier molecular flexibility index (Phi) is 4.29. The van der Waals surface area contributed by atoms with Crippen LogP contribution in [0.1, 0.15) is 57.1 Å². The van der Waals surface area contributed by atoms with Crippen LogP contribution in [0.5, 0.6) is 0 Å². The van der Waals surface area contributed by atoms with Crippen molar-refractivity contribution in [1.29, 1.82) is 0 Å². The summed E-state index contributed by atoms with van der Waals surface area (Å²) in [7, 11) is 4.30. The number of nitrogens with two attached hydrogens (primary N) is 1. The van der Waals surface area contributed by atoms with Crippen LogP contribution in [0, 0.1) is 17.8 Å². The Hall–Kier alpha value is -0.800. The van der Waals surface area contributed by atoms with Crippen LogP contribution in [0.2, 0.25) is 0 Å². The lowest BCUT2D eigenvalue weighted by molar-refractivity contribution is 0.203. The molecule has 0 radical (unpaired) electrons. The lowest BCUT2D eigenvalue weighted by Crippen LogP contribution is -2.35. The molecule has 1 unspecified atom stereocenters. The van der Waals surface area contributed by atoms with E-state index < -0.39 is 0 Å². The average molecular weight is 291 g/mol. The lowest BCUT2D eigenvalue weighted by Gasteiger charge is -2.36. The summed E-state index contributed by atoms with van der Waals surface area (Å²) in [5.41, 5.74) is 11.2.